The Hall–Kier alpha value is -1.26. The van der Waals surface area contributed by atoms with Crippen molar-refractivity contribution in [2.45, 2.75) is 18.8 Å². The number of rotatable bonds is 4. The average molecular weight is 267 g/mol. The predicted molar refractivity (Wildman–Crippen MR) is 70.8 cm³/mol. The standard InChI is InChI=1S/C14H15F2NS/c1-14(9-17,8-13-3-2-4-18-13)10-5-11(15)7-12(16)6-10/h2-7H,8-9,17H2,1H3. The minimum atomic E-state index is -0.559. The summed E-state index contributed by atoms with van der Waals surface area (Å²) in [5.41, 5.74) is 5.97. The van der Waals surface area contributed by atoms with Gasteiger partial charge in [0.2, 0.25) is 0 Å². The topological polar surface area (TPSA) is 26.0 Å². The van der Waals surface area contributed by atoms with E-state index in [1.165, 1.54) is 12.1 Å². The van der Waals surface area contributed by atoms with Crippen LogP contribution in [0.2, 0.25) is 0 Å². The van der Waals surface area contributed by atoms with Crippen LogP contribution in [0.4, 0.5) is 8.78 Å². The molecule has 0 bridgehead atoms. The molecular formula is C14H15F2NS. The van der Waals surface area contributed by atoms with Crippen LogP contribution in [0.3, 0.4) is 0 Å². The van der Waals surface area contributed by atoms with Crippen LogP contribution in [0.5, 0.6) is 0 Å². The molecule has 1 atom stereocenters. The molecule has 0 aliphatic heterocycles. The van der Waals surface area contributed by atoms with Crippen LogP contribution in [0, 0.1) is 11.6 Å². The van der Waals surface area contributed by atoms with E-state index in [1.54, 1.807) is 11.3 Å². The fourth-order valence-corrected chi connectivity index (χ4v) is 2.88. The van der Waals surface area contributed by atoms with Gasteiger partial charge in [-0.1, -0.05) is 13.0 Å². The van der Waals surface area contributed by atoms with Gasteiger partial charge in [0.15, 0.2) is 0 Å². The van der Waals surface area contributed by atoms with Crippen molar-refractivity contribution in [1.29, 1.82) is 0 Å². The Morgan fingerprint density at radius 2 is 1.89 bits per heavy atom. The predicted octanol–water partition coefficient (Wildman–Crippen LogP) is 3.49. The highest BCUT2D eigenvalue weighted by Crippen LogP contribution is 2.30. The fourth-order valence-electron chi connectivity index (χ4n) is 1.99. The first-order chi connectivity index (χ1) is 8.53. The Kier molecular flexibility index (Phi) is 3.78. The summed E-state index contributed by atoms with van der Waals surface area (Å²) in [6.07, 6.45) is 0.685. The van der Waals surface area contributed by atoms with Gasteiger partial charge in [0.1, 0.15) is 11.6 Å². The normalized spacial score (nSPS) is 14.4. The Morgan fingerprint density at radius 3 is 2.39 bits per heavy atom. The lowest BCUT2D eigenvalue weighted by molar-refractivity contribution is 0.473. The Morgan fingerprint density at radius 1 is 1.22 bits per heavy atom. The molecule has 18 heavy (non-hydrogen) atoms. The van der Waals surface area contributed by atoms with Gasteiger partial charge in [0.25, 0.3) is 0 Å². The van der Waals surface area contributed by atoms with E-state index in [-0.39, 0.29) is 0 Å². The van der Waals surface area contributed by atoms with E-state index in [0.29, 0.717) is 18.5 Å². The highest BCUT2D eigenvalue weighted by molar-refractivity contribution is 7.09. The Bertz CT molecular complexity index is 504. The first-order valence-corrected chi connectivity index (χ1v) is 6.60. The minimum absolute atomic E-state index is 0.341. The molecule has 0 amide bonds. The van der Waals surface area contributed by atoms with Crippen LogP contribution in [0.15, 0.2) is 35.7 Å². The second kappa shape index (κ2) is 5.16. The maximum absolute atomic E-state index is 13.3. The molecule has 2 aromatic rings. The summed E-state index contributed by atoms with van der Waals surface area (Å²) in [6.45, 7) is 2.27. The summed E-state index contributed by atoms with van der Waals surface area (Å²) in [4.78, 5) is 1.16. The van der Waals surface area contributed by atoms with Crippen LogP contribution in [0.25, 0.3) is 0 Å². The van der Waals surface area contributed by atoms with Gasteiger partial charge in [0.05, 0.1) is 0 Å². The molecule has 2 N–H and O–H groups in total. The zero-order chi connectivity index (χ0) is 13.2. The molecule has 0 saturated heterocycles. The van der Waals surface area contributed by atoms with Crippen molar-refractivity contribution in [2.24, 2.45) is 5.73 Å². The van der Waals surface area contributed by atoms with Crippen LogP contribution in [0.1, 0.15) is 17.4 Å². The lowest BCUT2D eigenvalue weighted by atomic mass is 9.79. The van der Waals surface area contributed by atoms with Crippen LogP contribution < -0.4 is 5.73 Å². The van der Waals surface area contributed by atoms with E-state index in [2.05, 4.69) is 0 Å². The van der Waals surface area contributed by atoms with Crippen molar-refractivity contribution < 1.29 is 8.78 Å². The summed E-state index contributed by atoms with van der Waals surface area (Å²) in [5.74, 6) is -1.12. The highest BCUT2D eigenvalue weighted by Gasteiger charge is 2.27. The van der Waals surface area contributed by atoms with Crippen LogP contribution in [-0.2, 0) is 11.8 Å². The maximum Gasteiger partial charge on any atom is 0.126 e. The lowest BCUT2D eigenvalue weighted by Gasteiger charge is -2.28. The third-order valence-electron chi connectivity index (χ3n) is 3.15. The summed E-state index contributed by atoms with van der Waals surface area (Å²) < 4.78 is 26.6. The summed E-state index contributed by atoms with van der Waals surface area (Å²) in [5, 5.41) is 1.98. The van der Waals surface area contributed by atoms with E-state index in [9.17, 15) is 8.78 Å². The van der Waals surface area contributed by atoms with Crippen molar-refractivity contribution in [2.75, 3.05) is 6.54 Å². The van der Waals surface area contributed by atoms with E-state index >= 15 is 0 Å². The zero-order valence-corrected chi connectivity index (χ0v) is 10.9. The number of benzene rings is 1. The molecule has 0 radical (unpaired) electrons. The molecule has 1 aromatic heterocycles. The average Bonchev–Trinajstić information content (AvgIpc) is 2.80. The monoisotopic (exact) mass is 267 g/mol. The zero-order valence-electron chi connectivity index (χ0n) is 10.1. The van der Waals surface area contributed by atoms with E-state index in [4.69, 9.17) is 5.73 Å². The number of thiophene rings is 1. The molecule has 0 fully saturated rings. The number of hydrogen-bond donors (Lipinski definition) is 1. The molecule has 96 valence electrons. The third kappa shape index (κ3) is 2.76. The van der Waals surface area contributed by atoms with Crippen molar-refractivity contribution in [3.05, 3.63) is 57.8 Å². The largest absolute Gasteiger partial charge is 0.330 e. The molecule has 1 unspecified atom stereocenters. The second-order valence-corrected chi connectivity index (χ2v) is 5.71. The Balaban J connectivity index is 2.36. The van der Waals surface area contributed by atoms with Crippen molar-refractivity contribution in [3.8, 4) is 0 Å². The smallest absolute Gasteiger partial charge is 0.126 e. The molecule has 0 aliphatic rings. The molecule has 1 heterocycles. The molecular weight excluding hydrogens is 252 g/mol. The molecule has 0 saturated carbocycles. The maximum atomic E-state index is 13.3. The lowest BCUT2D eigenvalue weighted by Crippen LogP contribution is -2.34. The molecule has 1 aromatic carbocycles. The van der Waals surface area contributed by atoms with Crippen molar-refractivity contribution in [3.63, 3.8) is 0 Å². The van der Waals surface area contributed by atoms with Gasteiger partial charge in [-0.2, -0.15) is 0 Å². The van der Waals surface area contributed by atoms with Gasteiger partial charge in [-0.3, -0.25) is 0 Å². The molecule has 4 heteroatoms. The molecule has 2 rings (SSSR count). The summed E-state index contributed by atoms with van der Waals surface area (Å²) in [7, 11) is 0. The van der Waals surface area contributed by atoms with Gasteiger partial charge in [-0.15, -0.1) is 11.3 Å². The van der Waals surface area contributed by atoms with Crippen molar-refractivity contribution >= 4 is 11.3 Å². The number of hydrogen-bond acceptors (Lipinski definition) is 2. The first kappa shape index (κ1) is 13.2. The van der Waals surface area contributed by atoms with Gasteiger partial charge in [-0.25, -0.2) is 8.78 Å². The Labute approximate surface area is 109 Å². The van der Waals surface area contributed by atoms with E-state index in [0.717, 1.165) is 10.9 Å². The van der Waals surface area contributed by atoms with Gasteiger partial charge in [0, 0.05) is 22.9 Å². The SMILES string of the molecule is CC(CN)(Cc1cccs1)c1cc(F)cc(F)c1. The molecule has 1 nitrogen and oxygen atoms in total. The second-order valence-electron chi connectivity index (χ2n) is 4.68. The number of nitrogens with two attached hydrogens (primary N) is 1. The third-order valence-corrected chi connectivity index (χ3v) is 4.03. The first-order valence-electron chi connectivity index (χ1n) is 5.72. The van der Waals surface area contributed by atoms with Crippen LogP contribution >= 0.6 is 11.3 Å². The van der Waals surface area contributed by atoms with Gasteiger partial charge >= 0.3 is 0 Å². The molecule has 0 spiro atoms. The summed E-state index contributed by atoms with van der Waals surface area (Å²) in [6, 6.07) is 7.58. The summed E-state index contributed by atoms with van der Waals surface area (Å²) >= 11 is 1.63. The van der Waals surface area contributed by atoms with Gasteiger partial charge in [-0.05, 0) is 35.6 Å². The minimum Gasteiger partial charge on any atom is -0.330 e. The van der Waals surface area contributed by atoms with E-state index in [1.807, 2.05) is 24.4 Å². The van der Waals surface area contributed by atoms with Gasteiger partial charge < -0.3 is 5.73 Å². The fraction of sp³-hybridized carbons (Fsp3) is 0.286. The molecule has 0 aliphatic carbocycles. The number of halogens is 2. The van der Waals surface area contributed by atoms with E-state index < -0.39 is 17.0 Å². The van der Waals surface area contributed by atoms with Crippen molar-refractivity contribution in [1.82, 2.24) is 0 Å². The quantitative estimate of drug-likeness (QED) is 0.901. The highest BCUT2D eigenvalue weighted by atomic mass is 32.1. The van der Waals surface area contributed by atoms with Crippen LogP contribution in [-0.4, -0.2) is 6.54 Å².